The van der Waals surface area contributed by atoms with Crippen molar-refractivity contribution in [3.63, 3.8) is 0 Å². The maximum Gasteiger partial charge on any atom is 0.114 e. The molecule has 0 saturated carbocycles. The second-order valence-corrected chi connectivity index (χ2v) is 2.42. The van der Waals surface area contributed by atoms with Gasteiger partial charge in [0.05, 0.1) is 5.97 Å². The van der Waals surface area contributed by atoms with Gasteiger partial charge in [0.1, 0.15) is 5.60 Å². The molecule has 0 aliphatic carbocycles. The summed E-state index contributed by atoms with van der Waals surface area (Å²) in [5.74, 6) is -5.98. The largest absolute Gasteiger partial charge is 0.550 e. The predicted molar refractivity (Wildman–Crippen MR) is 54.4 cm³/mol. The van der Waals surface area contributed by atoms with Gasteiger partial charge in [-0.05, 0) is 0 Å². The molecule has 0 aromatic rings. The van der Waals surface area contributed by atoms with Crippen molar-refractivity contribution < 1.29 is 45.8 Å². The zero-order chi connectivity index (χ0) is 10.6. The lowest BCUT2D eigenvalue weighted by atomic mass is 9.96. The molecule has 0 heterocycles. The van der Waals surface area contributed by atoms with Gasteiger partial charge < -0.3 is 64.2 Å². The number of carboxylic acids is 3. The van der Waals surface area contributed by atoms with E-state index in [9.17, 15) is 29.7 Å². The van der Waals surface area contributed by atoms with E-state index in [2.05, 4.69) is 0 Å². The third-order valence-corrected chi connectivity index (χ3v) is 1.25. The van der Waals surface area contributed by atoms with Crippen LogP contribution in [0.25, 0.3) is 0 Å². The van der Waals surface area contributed by atoms with Crippen molar-refractivity contribution in [1.29, 1.82) is 0 Å². The Labute approximate surface area is 102 Å². The number of aliphatic hydroxyl groups is 1. The minimum atomic E-state index is -2.97. The number of rotatable bonds is 5. The van der Waals surface area contributed by atoms with Gasteiger partial charge in [-0.15, -0.1) is 0 Å². The molecule has 0 aromatic heterocycles. The quantitative estimate of drug-likeness (QED) is 0.376. The lowest BCUT2D eigenvalue weighted by molar-refractivity contribution is -0.339. The van der Waals surface area contributed by atoms with Crippen LogP contribution in [0.2, 0.25) is 0 Å². The van der Waals surface area contributed by atoms with E-state index in [0.717, 1.165) is 0 Å². The summed E-state index contributed by atoms with van der Waals surface area (Å²) in [5, 5.41) is 38.9. The molecule has 0 aromatic carbocycles. The van der Waals surface area contributed by atoms with Gasteiger partial charge in [-0.2, -0.15) is 0 Å². The molecule has 18 heavy (non-hydrogen) atoms. The molecular formula is C6H21N3O9. The zero-order valence-electron chi connectivity index (χ0n) is 10.3. The summed E-state index contributed by atoms with van der Waals surface area (Å²) in [4.78, 5) is 30.0. The molecule has 0 radical (unpaired) electrons. The average molecular weight is 279 g/mol. The minimum Gasteiger partial charge on any atom is -0.550 e. The topological polar surface area (TPSA) is 313 Å². The second-order valence-electron chi connectivity index (χ2n) is 2.42. The molecule has 0 rings (SSSR count). The number of hydrogen-bond donors (Lipinski definition) is 4. The molecule has 0 aliphatic rings. The second kappa shape index (κ2) is 13.2. The van der Waals surface area contributed by atoms with Crippen LogP contribution in [-0.4, -0.2) is 39.6 Å². The molecule has 17 N–H and O–H groups in total. The highest BCUT2D eigenvalue weighted by Gasteiger charge is 2.29. The monoisotopic (exact) mass is 279 g/mol. The van der Waals surface area contributed by atoms with Gasteiger partial charge in [0.15, 0.2) is 0 Å². The van der Waals surface area contributed by atoms with Crippen molar-refractivity contribution in [3.05, 3.63) is 0 Å². The van der Waals surface area contributed by atoms with Gasteiger partial charge in [0.2, 0.25) is 0 Å². The normalized spacial score (nSPS) is 7.83. The molecule has 0 aliphatic heterocycles. The molecule has 0 amide bonds. The highest BCUT2D eigenvalue weighted by molar-refractivity contribution is 5.86. The van der Waals surface area contributed by atoms with E-state index in [0.29, 0.717) is 0 Å². The molecule has 0 fully saturated rings. The maximum atomic E-state index is 10.1. The van der Waals surface area contributed by atoms with Crippen LogP contribution in [0.15, 0.2) is 0 Å². The third kappa shape index (κ3) is 12.2. The zero-order valence-corrected chi connectivity index (χ0v) is 10.3. The summed E-state index contributed by atoms with van der Waals surface area (Å²) in [6.07, 6.45) is -2.72. The van der Waals surface area contributed by atoms with Crippen molar-refractivity contribution in [1.82, 2.24) is 18.5 Å². The Morgan fingerprint density at radius 3 is 1.17 bits per heavy atom. The van der Waals surface area contributed by atoms with Crippen LogP contribution in [0, 0.1) is 0 Å². The molecule has 0 atom stereocenters. The smallest absolute Gasteiger partial charge is 0.114 e. The lowest BCUT2D eigenvalue weighted by Crippen LogP contribution is -2.54. The van der Waals surface area contributed by atoms with Crippen LogP contribution >= 0.6 is 0 Å². The van der Waals surface area contributed by atoms with Gasteiger partial charge in [0, 0.05) is 24.8 Å². The van der Waals surface area contributed by atoms with Crippen molar-refractivity contribution in [2.45, 2.75) is 18.4 Å². The fourth-order valence-corrected chi connectivity index (χ4v) is 0.684. The molecule has 12 heteroatoms. The molecule has 12 nitrogen and oxygen atoms in total. The van der Waals surface area contributed by atoms with Crippen LogP contribution < -0.4 is 33.8 Å². The SMILES string of the molecule is O.O.O=C([O-])CC(O)(CC(=O)[O-])C(=O)[O-].[NH4+].[NH4+].[NH4+]. The van der Waals surface area contributed by atoms with Crippen LogP contribution in [0.1, 0.15) is 12.8 Å². The first-order valence-corrected chi connectivity index (χ1v) is 3.11. The summed E-state index contributed by atoms with van der Waals surface area (Å²) in [6, 6.07) is 0. The Morgan fingerprint density at radius 1 is 0.833 bits per heavy atom. The first kappa shape index (κ1) is 36.0. The fourth-order valence-electron chi connectivity index (χ4n) is 0.684. The first-order chi connectivity index (χ1) is 5.78. The molecule has 114 valence electrons. The number of carbonyl (C=O) groups excluding carboxylic acids is 3. The summed E-state index contributed by atoms with van der Waals surface area (Å²) < 4.78 is 0. The maximum absolute atomic E-state index is 10.1. The molecule has 0 bridgehead atoms. The number of hydrogen-bond acceptors (Lipinski definition) is 7. The van der Waals surface area contributed by atoms with Crippen molar-refractivity contribution in [2.75, 3.05) is 0 Å². The Morgan fingerprint density at radius 2 is 1.06 bits per heavy atom. The Kier molecular flexibility index (Phi) is 26.5. The molecule has 0 spiro atoms. The molecular weight excluding hydrogens is 258 g/mol. The van der Waals surface area contributed by atoms with E-state index in [1.807, 2.05) is 0 Å². The van der Waals surface area contributed by atoms with Gasteiger partial charge >= 0.3 is 0 Å². The average Bonchev–Trinajstić information content (AvgIpc) is 1.82. The van der Waals surface area contributed by atoms with Crippen molar-refractivity contribution >= 4 is 17.9 Å². The molecule has 0 saturated heterocycles. The number of aliphatic carboxylic acids is 3. The van der Waals surface area contributed by atoms with Crippen molar-refractivity contribution in [2.24, 2.45) is 0 Å². The van der Waals surface area contributed by atoms with Gasteiger partial charge in [0.25, 0.3) is 0 Å². The van der Waals surface area contributed by atoms with Crippen LogP contribution in [-0.2, 0) is 14.4 Å². The third-order valence-electron chi connectivity index (χ3n) is 1.25. The van der Waals surface area contributed by atoms with E-state index in [4.69, 9.17) is 5.11 Å². The standard InChI is InChI=1S/C6H8O7.3H3N.2H2O/c7-3(8)1-6(13,5(11)12)2-4(9)10;;;;;/h13H,1-2H2,(H,7,8)(H,9,10)(H,11,12);3*1H3;2*1H2. The van der Waals surface area contributed by atoms with Crippen LogP contribution in [0.5, 0.6) is 0 Å². The molecule has 0 unspecified atom stereocenters. The number of carbonyl (C=O) groups is 3. The number of carboxylic acid groups (broad SMARTS) is 3. The highest BCUT2D eigenvalue weighted by atomic mass is 16.4. The predicted octanol–water partition coefficient (Wildman–Crippen LogP) is -5.77. The highest BCUT2D eigenvalue weighted by Crippen LogP contribution is 2.13. The first-order valence-electron chi connectivity index (χ1n) is 3.11. The summed E-state index contributed by atoms with van der Waals surface area (Å²) >= 11 is 0. The van der Waals surface area contributed by atoms with E-state index < -0.39 is 36.4 Å². The van der Waals surface area contributed by atoms with Gasteiger partial charge in [-0.25, -0.2) is 0 Å². The van der Waals surface area contributed by atoms with E-state index in [-0.39, 0.29) is 29.4 Å². The van der Waals surface area contributed by atoms with Crippen LogP contribution in [0.3, 0.4) is 0 Å². The minimum absolute atomic E-state index is 0. The lowest BCUT2D eigenvalue weighted by Gasteiger charge is -2.29. The Hall–Kier alpha value is -1.83. The summed E-state index contributed by atoms with van der Waals surface area (Å²) in [7, 11) is 0. The van der Waals surface area contributed by atoms with Gasteiger partial charge in [-0.3, -0.25) is 0 Å². The fraction of sp³-hybridized carbons (Fsp3) is 0.500. The summed E-state index contributed by atoms with van der Waals surface area (Å²) in [5.41, 5.74) is -2.97. The van der Waals surface area contributed by atoms with E-state index in [1.165, 1.54) is 0 Å². The van der Waals surface area contributed by atoms with E-state index in [1.54, 1.807) is 0 Å². The number of quaternary nitrogens is 3. The van der Waals surface area contributed by atoms with Crippen LogP contribution in [0.4, 0.5) is 0 Å². The van der Waals surface area contributed by atoms with Gasteiger partial charge in [-0.1, -0.05) is 0 Å². The Balaban J connectivity index is -0.0000000720. The summed E-state index contributed by atoms with van der Waals surface area (Å²) in [6.45, 7) is 0. The van der Waals surface area contributed by atoms with E-state index >= 15 is 0 Å². The Bertz CT molecular complexity index is 241. The van der Waals surface area contributed by atoms with Crippen molar-refractivity contribution in [3.8, 4) is 0 Å².